The number of carboxylic acid groups (broad SMARTS) is 1. The Morgan fingerprint density at radius 2 is 2.18 bits per heavy atom. The van der Waals surface area contributed by atoms with E-state index < -0.39 is 31.2 Å². The van der Waals surface area contributed by atoms with Crippen LogP contribution in [0.1, 0.15) is 25.3 Å². The molecule has 0 bridgehead atoms. The first-order chi connectivity index (χ1) is 10.2. The molecule has 1 aliphatic carbocycles. The molecule has 122 valence electrons. The van der Waals surface area contributed by atoms with Crippen LogP contribution >= 0.6 is 7.60 Å². The highest BCUT2D eigenvalue weighted by molar-refractivity contribution is 7.53. The molecule has 1 fully saturated rings. The third-order valence-electron chi connectivity index (χ3n) is 3.44. The maximum absolute atomic E-state index is 11.7. The zero-order valence-electron chi connectivity index (χ0n) is 11.4. The van der Waals surface area contributed by atoms with Gasteiger partial charge in [0.25, 0.3) is 5.85 Å². The SMILES string of the molecule is Nc1ccn(C2CC[C@H](OC(C(=O)O)P(=O)(O)O)C2)c(=O)n1. The third-order valence-corrected chi connectivity index (χ3v) is 4.39. The summed E-state index contributed by atoms with van der Waals surface area (Å²) in [5.74, 6) is -3.82. The first-order valence-corrected chi connectivity index (χ1v) is 8.15. The Balaban J connectivity index is 2.08. The lowest BCUT2D eigenvalue weighted by atomic mass is 10.2. The summed E-state index contributed by atoms with van der Waals surface area (Å²) in [7, 11) is -4.91. The van der Waals surface area contributed by atoms with Crippen LogP contribution in [-0.4, -0.2) is 42.4 Å². The minimum Gasteiger partial charge on any atom is -0.479 e. The van der Waals surface area contributed by atoms with E-state index in [1.165, 1.54) is 16.8 Å². The summed E-state index contributed by atoms with van der Waals surface area (Å²) in [4.78, 5) is 44.2. The fourth-order valence-corrected chi connectivity index (χ4v) is 3.08. The first-order valence-electron chi connectivity index (χ1n) is 6.46. The minimum atomic E-state index is -4.91. The Labute approximate surface area is 124 Å². The fourth-order valence-electron chi connectivity index (χ4n) is 2.46. The largest absolute Gasteiger partial charge is 0.479 e. The van der Waals surface area contributed by atoms with Crippen molar-refractivity contribution in [1.82, 2.24) is 9.55 Å². The number of rotatable bonds is 5. The van der Waals surface area contributed by atoms with Gasteiger partial charge in [-0.3, -0.25) is 9.13 Å². The zero-order valence-corrected chi connectivity index (χ0v) is 12.3. The van der Waals surface area contributed by atoms with Crippen LogP contribution < -0.4 is 11.4 Å². The second-order valence-electron chi connectivity index (χ2n) is 5.05. The van der Waals surface area contributed by atoms with Gasteiger partial charge in [-0.05, 0) is 25.3 Å². The Morgan fingerprint density at radius 3 is 2.73 bits per heavy atom. The molecule has 0 spiro atoms. The lowest BCUT2D eigenvalue weighted by Crippen LogP contribution is -2.29. The number of aromatic nitrogens is 2. The summed E-state index contributed by atoms with van der Waals surface area (Å²) >= 11 is 0. The van der Waals surface area contributed by atoms with Crippen molar-refractivity contribution in [3.63, 3.8) is 0 Å². The smallest absolute Gasteiger partial charge is 0.365 e. The zero-order chi connectivity index (χ0) is 16.5. The van der Waals surface area contributed by atoms with Crippen molar-refractivity contribution in [1.29, 1.82) is 0 Å². The molecule has 22 heavy (non-hydrogen) atoms. The number of ether oxygens (including phenoxy) is 1. The number of carbonyl (C=O) groups is 1. The van der Waals surface area contributed by atoms with E-state index in [2.05, 4.69) is 4.98 Å². The molecule has 10 nitrogen and oxygen atoms in total. The average Bonchev–Trinajstić information content (AvgIpc) is 2.82. The van der Waals surface area contributed by atoms with Crippen molar-refractivity contribution in [2.45, 2.75) is 37.3 Å². The molecule has 3 atom stereocenters. The van der Waals surface area contributed by atoms with Crippen LogP contribution in [0, 0.1) is 0 Å². The first kappa shape index (κ1) is 16.6. The summed E-state index contributed by atoms with van der Waals surface area (Å²) < 4.78 is 17.5. The van der Waals surface area contributed by atoms with Gasteiger partial charge < -0.3 is 25.4 Å². The summed E-state index contributed by atoms with van der Waals surface area (Å²) in [6.07, 6.45) is 1.96. The molecule has 0 saturated heterocycles. The highest BCUT2D eigenvalue weighted by Gasteiger charge is 2.40. The average molecular weight is 333 g/mol. The summed E-state index contributed by atoms with van der Waals surface area (Å²) in [5.41, 5.74) is 4.87. The number of anilines is 1. The van der Waals surface area contributed by atoms with Gasteiger partial charge in [0.2, 0.25) is 0 Å². The van der Waals surface area contributed by atoms with Crippen LogP contribution in [0.4, 0.5) is 5.82 Å². The van der Waals surface area contributed by atoms with Gasteiger partial charge in [-0.15, -0.1) is 0 Å². The predicted molar refractivity (Wildman–Crippen MR) is 74.1 cm³/mol. The normalized spacial score (nSPS) is 23.4. The third kappa shape index (κ3) is 3.72. The van der Waals surface area contributed by atoms with E-state index in [0.717, 1.165) is 0 Å². The molecule has 5 N–H and O–H groups in total. The molecule has 1 heterocycles. The van der Waals surface area contributed by atoms with E-state index >= 15 is 0 Å². The maximum atomic E-state index is 11.7. The number of nitrogens with zero attached hydrogens (tertiary/aromatic N) is 2. The molecule has 0 aliphatic heterocycles. The molecule has 0 aromatic carbocycles. The summed E-state index contributed by atoms with van der Waals surface area (Å²) in [6, 6.07) is 1.18. The van der Waals surface area contributed by atoms with Crippen LogP contribution in [0.15, 0.2) is 17.1 Å². The van der Waals surface area contributed by atoms with Gasteiger partial charge >= 0.3 is 19.3 Å². The lowest BCUT2D eigenvalue weighted by Gasteiger charge is -2.20. The molecule has 11 heteroatoms. The predicted octanol–water partition coefficient (Wildman–Crippen LogP) is -0.476. The van der Waals surface area contributed by atoms with Gasteiger partial charge in [0.1, 0.15) is 5.82 Å². The second kappa shape index (κ2) is 6.17. The molecule has 2 unspecified atom stereocenters. The Hall–Kier alpha value is -1.74. The van der Waals surface area contributed by atoms with Gasteiger partial charge in [-0.25, -0.2) is 9.59 Å². The topological polar surface area (TPSA) is 165 Å². The Kier molecular flexibility index (Phi) is 4.66. The molecule has 2 rings (SSSR count). The number of hydrogen-bond donors (Lipinski definition) is 4. The van der Waals surface area contributed by atoms with E-state index in [1.807, 2.05) is 0 Å². The highest BCUT2D eigenvalue weighted by Crippen LogP contribution is 2.44. The Bertz CT molecular complexity index is 670. The van der Waals surface area contributed by atoms with E-state index in [4.69, 9.17) is 25.4 Å². The number of hydrogen-bond acceptors (Lipinski definition) is 6. The molecule has 0 radical (unpaired) electrons. The van der Waals surface area contributed by atoms with Crippen molar-refractivity contribution < 1.29 is 29.0 Å². The van der Waals surface area contributed by atoms with Gasteiger partial charge in [0.15, 0.2) is 0 Å². The van der Waals surface area contributed by atoms with Gasteiger partial charge in [0.05, 0.1) is 6.10 Å². The van der Waals surface area contributed by atoms with Crippen molar-refractivity contribution >= 4 is 19.4 Å². The molecule has 0 amide bonds. The molecular formula is C11H16N3O7P. The van der Waals surface area contributed by atoms with E-state index in [9.17, 15) is 14.2 Å². The quantitative estimate of drug-likeness (QED) is 0.521. The van der Waals surface area contributed by atoms with E-state index in [0.29, 0.717) is 12.8 Å². The van der Waals surface area contributed by atoms with Crippen LogP contribution in [0.25, 0.3) is 0 Å². The summed E-state index contributed by atoms with van der Waals surface area (Å²) in [6.45, 7) is 0. The monoisotopic (exact) mass is 333 g/mol. The van der Waals surface area contributed by atoms with E-state index in [-0.39, 0.29) is 18.3 Å². The van der Waals surface area contributed by atoms with Crippen molar-refractivity contribution in [2.75, 3.05) is 5.73 Å². The number of carboxylic acids is 1. The van der Waals surface area contributed by atoms with Crippen LogP contribution in [0.3, 0.4) is 0 Å². The second-order valence-corrected chi connectivity index (χ2v) is 6.69. The number of nitrogens with two attached hydrogens (primary N) is 1. The van der Waals surface area contributed by atoms with Gasteiger partial charge in [-0.1, -0.05) is 0 Å². The minimum absolute atomic E-state index is 0.0967. The standard InChI is InChI=1S/C11H16N3O7P/c12-8-3-4-14(11(17)13-8)6-1-2-7(5-6)21-10(9(15)16)22(18,19)20/h3-4,6-7,10H,1-2,5H2,(H,15,16)(H2,12,13,17)(H2,18,19,20)/t6?,7-,10?/m0/s1. The molecular weight excluding hydrogens is 317 g/mol. The lowest BCUT2D eigenvalue weighted by molar-refractivity contribution is -0.148. The van der Waals surface area contributed by atoms with Crippen LogP contribution in [0.5, 0.6) is 0 Å². The summed E-state index contributed by atoms with van der Waals surface area (Å²) in [5, 5.41) is 8.83. The van der Waals surface area contributed by atoms with Crippen molar-refractivity contribution in [2.24, 2.45) is 0 Å². The Morgan fingerprint density at radius 1 is 1.50 bits per heavy atom. The van der Waals surface area contributed by atoms with Crippen molar-refractivity contribution in [3.8, 4) is 0 Å². The highest BCUT2D eigenvalue weighted by atomic mass is 31.2. The molecule has 1 saturated carbocycles. The van der Waals surface area contributed by atoms with Crippen molar-refractivity contribution in [3.05, 3.63) is 22.7 Å². The molecule has 1 aromatic heterocycles. The number of nitrogen functional groups attached to an aromatic ring is 1. The van der Waals surface area contributed by atoms with Crippen LogP contribution in [0.2, 0.25) is 0 Å². The number of aliphatic carboxylic acids is 1. The fraction of sp³-hybridized carbons (Fsp3) is 0.545. The van der Waals surface area contributed by atoms with Crippen LogP contribution in [-0.2, 0) is 14.1 Å². The van der Waals surface area contributed by atoms with E-state index in [1.54, 1.807) is 0 Å². The maximum Gasteiger partial charge on any atom is 0.365 e. The molecule has 1 aromatic rings. The van der Waals surface area contributed by atoms with Gasteiger partial charge in [-0.2, -0.15) is 4.98 Å². The van der Waals surface area contributed by atoms with Gasteiger partial charge in [0, 0.05) is 12.2 Å². The molecule has 1 aliphatic rings.